The first kappa shape index (κ1) is 15.0. The smallest absolute Gasteiger partial charge is 0.307 e. The summed E-state index contributed by atoms with van der Waals surface area (Å²) in [5.41, 5.74) is 0. The number of carbonyl (C=O) groups excluding carboxylic acids is 1. The Bertz CT molecular complexity index is 389. The van der Waals surface area contributed by atoms with Crippen molar-refractivity contribution >= 4 is 11.9 Å². The van der Waals surface area contributed by atoms with Gasteiger partial charge in [-0.1, -0.05) is 12.2 Å². The molecule has 0 aromatic heterocycles. The summed E-state index contributed by atoms with van der Waals surface area (Å²) in [6.45, 7) is 1.84. The molecule has 1 fully saturated rings. The van der Waals surface area contributed by atoms with E-state index in [-0.39, 0.29) is 5.91 Å². The summed E-state index contributed by atoms with van der Waals surface area (Å²) in [6, 6.07) is 0. The lowest BCUT2D eigenvalue weighted by Crippen LogP contribution is -2.41. The van der Waals surface area contributed by atoms with Gasteiger partial charge in [-0.05, 0) is 31.6 Å². The number of allylic oxidation sites excluding steroid dienone is 2. The van der Waals surface area contributed by atoms with Gasteiger partial charge in [-0.25, -0.2) is 0 Å². The van der Waals surface area contributed by atoms with Crippen LogP contribution in [0.3, 0.4) is 0 Å². The average molecular weight is 281 g/mol. The molecule has 0 aliphatic heterocycles. The van der Waals surface area contributed by atoms with Crippen LogP contribution in [0, 0.1) is 17.8 Å². The Morgan fingerprint density at radius 3 is 2.50 bits per heavy atom. The highest BCUT2D eigenvalue weighted by Crippen LogP contribution is 2.29. The fraction of sp³-hybridized carbons (Fsp3) is 0.733. The molecule has 1 amide bonds. The predicted octanol–water partition coefficient (Wildman–Crippen LogP) is 1.54. The van der Waals surface area contributed by atoms with Crippen molar-refractivity contribution in [2.24, 2.45) is 17.8 Å². The summed E-state index contributed by atoms with van der Waals surface area (Å²) >= 11 is 0. The Labute approximate surface area is 119 Å². The monoisotopic (exact) mass is 281 g/mol. The molecule has 2 aliphatic carbocycles. The Balaban J connectivity index is 1.78. The molecule has 0 bridgehead atoms. The second-order valence-corrected chi connectivity index (χ2v) is 5.77. The number of carboxylic acids is 1. The SMILES string of the molecule is CN(CCOCC1CC1)C(=O)[C@@H]1CC=CC[C@@H]1C(=O)O. The molecular formula is C15H23NO4. The molecule has 0 aromatic rings. The maximum absolute atomic E-state index is 12.3. The maximum Gasteiger partial charge on any atom is 0.307 e. The molecule has 1 N–H and O–H groups in total. The molecule has 1 saturated carbocycles. The number of rotatable bonds is 7. The minimum Gasteiger partial charge on any atom is -0.481 e. The normalized spacial score (nSPS) is 25.4. The van der Waals surface area contributed by atoms with Gasteiger partial charge in [0.05, 0.1) is 18.4 Å². The van der Waals surface area contributed by atoms with Crippen LogP contribution in [0.25, 0.3) is 0 Å². The number of amides is 1. The van der Waals surface area contributed by atoms with Crippen molar-refractivity contribution in [1.29, 1.82) is 0 Å². The fourth-order valence-electron chi connectivity index (χ4n) is 2.49. The van der Waals surface area contributed by atoms with Gasteiger partial charge in [-0.3, -0.25) is 9.59 Å². The van der Waals surface area contributed by atoms with E-state index in [2.05, 4.69) is 0 Å². The van der Waals surface area contributed by atoms with Crippen LogP contribution in [0.15, 0.2) is 12.2 Å². The van der Waals surface area contributed by atoms with Crippen molar-refractivity contribution in [3.05, 3.63) is 12.2 Å². The van der Waals surface area contributed by atoms with Gasteiger partial charge in [-0.2, -0.15) is 0 Å². The first-order valence-corrected chi connectivity index (χ1v) is 7.30. The van der Waals surface area contributed by atoms with Gasteiger partial charge in [0, 0.05) is 20.2 Å². The first-order valence-electron chi connectivity index (χ1n) is 7.30. The lowest BCUT2D eigenvalue weighted by Gasteiger charge is -2.28. The molecule has 0 heterocycles. The van der Waals surface area contributed by atoms with E-state index in [9.17, 15) is 14.7 Å². The number of carboxylic acid groups (broad SMARTS) is 1. The summed E-state index contributed by atoms with van der Waals surface area (Å²) in [6.07, 6.45) is 7.22. The maximum atomic E-state index is 12.3. The Hall–Kier alpha value is -1.36. The van der Waals surface area contributed by atoms with Crippen LogP contribution >= 0.6 is 0 Å². The van der Waals surface area contributed by atoms with E-state index in [4.69, 9.17) is 4.74 Å². The van der Waals surface area contributed by atoms with E-state index in [1.807, 2.05) is 12.2 Å². The molecule has 2 aliphatic rings. The molecule has 5 heteroatoms. The molecule has 20 heavy (non-hydrogen) atoms. The summed E-state index contributed by atoms with van der Waals surface area (Å²) in [4.78, 5) is 25.1. The van der Waals surface area contributed by atoms with Crippen LogP contribution in [0.2, 0.25) is 0 Å². The molecule has 2 rings (SSSR count). The molecule has 0 aromatic carbocycles. The van der Waals surface area contributed by atoms with Gasteiger partial charge in [0.25, 0.3) is 0 Å². The summed E-state index contributed by atoms with van der Waals surface area (Å²) in [7, 11) is 1.72. The third-order valence-electron chi connectivity index (χ3n) is 4.06. The van der Waals surface area contributed by atoms with E-state index in [0.29, 0.717) is 26.0 Å². The Morgan fingerprint density at radius 1 is 1.25 bits per heavy atom. The van der Waals surface area contributed by atoms with Crippen molar-refractivity contribution < 1.29 is 19.4 Å². The quantitative estimate of drug-likeness (QED) is 0.568. The van der Waals surface area contributed by atoms with Crippen molar-refractivity contribution in [2.45, 2.75) is 25.7 Å². The molecule has 2 atom stereocenters. The minimum absolute atomic E-state index is 0.0863. The Morgan fingerprint density at radius 2 is 1.90 bits per heavy atom. The van der Waals surface area contributed by atoms with Gasteiger partial charge in [0.15, 0.2) is 0 Å². The molecule has 0 radical (unpaired) electrons. The number of likely N-dealkylation sites (N-methyl/N-ethyl adjacent to an activating group) is 1. The van der Waals surface area contributed by atoms with Crippen LogP contribution in [-0.2, 0) is 14.3 Å². The summed E-state index contributed by atoms with van der Waals surface area (Å²) in [5.74, 6) is -1.29. The lowest BCUT2D eigenvalue weighted by molar-refractivity contribution is -0.150. The number of hydrogen-bond donors (Lipinski definition) is 1. The largest absolute Gasteiger partial charge is 0.481 e. The zero-order valence-corrected chi connectivity index (χ0v) is 12.0. The van der Waals surface area contributed by atoms with Gasteiger partial charge in [0.2, 0.25) is 5.91 Å². The molecule has 5 nitrogen and oxygen atoms in total. The molecule has 0 saturated heterocycles. The lowest BCUT2D eigenvalue weighted by atomic mass is 9.82. The van der Waals surface area contributed by atoms with Crippen LogP contribution < -0.4 is 0 Å². The minimum atomic E-state index is -0.883. The average Bonchev–Trinajstić information content (AvgIpc) is 3.26. The van der Waals surface area contributed by atoms with E-state index in [0.717, 1.165) is 12.5 Å². The molecule has 112 valence electrons. The van der Waals surface area contributed by atoms with Crippen LogP contribution in [0.4, 0.5) is 0 Å². The number of carbonyl (C=O) groups is 2. The fourth-order valence-corrected chi connectivity index (χ4v) is 2.49. The van der Waals surface area contributed by atoms with Crippen LogP contribution in [-0.4, -0.2) is 48.7 Å². The number of nitrogens with zero attached hydrogens (tertiary/aromatic N) is 1. The van der Waals surface area contributed by atoms with Crippen molar-refractivity contribution in [3.8, 4) is 0 Å². The van der Waals surface area contributed by atoms with Crippen molar-refractivity contribution in [2.75, 3.05) is 26.8 Å². The summed E-state index contributed by atoms with van der Waals surface area (Å²) < 4.78 is 5.52. The third kappa shape index (κ3) is 4.07. The van der Waals surface area contributed by atoms with Crippen LogP contribution in [0.5, 0.6) is 0 Å². The second-order valence-electron chi connectivity index (χ2n) is 5.77. The zero-order valence-electron chi connectivity index (χ0n) is 12.0. The molecule has 0 spiro atoms. The van der Waals surface area contributed by atoms with Gasteiger partial charge in [-0.15, -0.1) is 0 Å². The summed E-state index contributed by atoms with van der Waals surface area (Å²) in [5, 5.41) is 9.19. The van der Waals surface area contributed by atoms with Crippen LogP contribution in [0.1, 0.15) is 25.7 Å². The Kier molecular flexibility index (Phi) is 5.17. The topological polar surface area (TPSA) is 66.8 Å². The standard InChI is InChI=1S/C15H23NO4/c1-16(8-9-20-10-11-6-7-11)14(17)12-4-2-3-5-13(12)15(18)19/h2-3,11-13H,4-10H2,1H3,(H,18,19)/t12-,13+/m1/s1. The second kappa shape index (κ2) is 6.88. The number of hydrogen-bond acceptors (Lipinski definition) is 3. The third-order valence-corrected chi connectivity index (χ3v) is 4.06. The van der Waals surface area contributed by atoms with E-state index < -0.39 is 17.8 Å². The van der Waals surface area contributed by atoms with E-state index in [1.165, 1.54) is 12.8 Å². The highest BCUT2D eigenvalue weighted by Gasteiger charge is 2.35. The van der Waals surface area contributed by atoms with Crippen molar-refractivity contribution in [3.63, 3.8) is 0 Å². The van der Waals surface area contributed by atoms with Crippen molar-refractivity contribution in [1.82, 2.24) is 4.90 Å². The van der Waals surface area contributed by atoms with Gasteiger partial charge >= 0.3 is 5.97 Å². The highest BCUT2D eigenvalue weighted by atomic mass is 16.5. The number of ether oxygens (including phenoxy) is 1. The molecule has 0 unspecified atom stereocenters. The zero-order chi connectivity index (χ0) is 14.5. The predicted molar refractivity (Wildman–Crippen MR) is 74.2 cm³/mol. The highest BCUT2D eigenvalue weighted by molar-refractivity contribution is 5.85. The van der Waals surface area contributed by atoms with E-state index in [1.54, 1.807) is 11.9 Å². The van der Waals surface area contributed by atoms with E-state index >= 15 is 0 Å². The number of aliphatic carboxylic acids is 1. The molecular weight excluding hydrogens is 258 g/mol. The van der Waals surface area contributed by atoms with Gasteiger partial charge < -0.3 is 14.7 Å². The first-order chi connectivity index (χ1) is 9.59. The van der Waals surface area contributed by atoms with Gasteiger partial charge in [0.1, 0.15) is 0 Å².